The molecule has 1 aromatic heterocycles. The molecule has 3 rings (SSSR count). The van der Waals surface area contributed by atoms with Gasteiger partial charge in [0.2, 0.25) is 0 Å². The molecular weight excluding hydrogens is 346 g/mol. The molecule has 2 unspecified atom stereocenters. The third kappa shape index (κ3) is 4.05. The number of nitrogens with zero attached hydrogens (tertiary/aromatic N) is 3. The Morgan fingerprint density at radius 1 is 1.21 bits per heavy atom. The number of hydrogen-bond acceptors (Lipinski definition) is 3. The SMILES string of the molecule is CCCC1CCCC(C)N1CC(=O)c1cc(C)n(-c2ccc(C#N)cc2)c1C. The summed E-state index contributed by atoms with van der Waals surface area (Å²) < 4.78 is 2.11. The van der Waals surface area contributed by atoms with Crippen LogP contribution in [0.4, 0.5) is 0 Å². The average Bonchev–Trinajstić information content (AvgIpc) is 2.99. The molecule has 0 aliphatic carbocycles. The van der Waals surface area contributed by atoms with E-state index >= 15 is 0 Å². The van der Waals surface area contributed by atoms with Crippen molar-refractivity contribution < 1.29 is 4.79 Å². The van der Waals surface area contributed by atoms with Crippen LogP contribution in [0.3, 0.4) is 0 Å². The largest absolute Gasteiger partial charge is 0.318 e. The highest BCUT2D eigenvalue weighted by atomic mass is 16.1. The molecule has 2 atom stereocenters. The molecule has 0 saturated carbocycles. The lowest BCUT2D eigenvalue weighted by Crippen LogP contribution is -2.47. The van der Waals surface area contributed by atoms with Crippen LogP contribution in [-0.4, -0.2) is 33.9 Å². The average molecular weight is 378 g/mol. The fourth-order valence-corrected chi connectivity index (χ4v) is 4.65. The Hall–Kier alpha value is -2.38. The van der Waals surface area contributed by atoms with Crippen molar-refractivity contribution in [1.82, 2.24) is 9.47 Å². The molecule has 2 aromatic rings. The van der Waals surface area contributed by atoms with E-state index in [2.05, 4.69) is 29.4 Å². The lowest BCUT2D eigenvalue weighted by atomic mass is 9.93. The summed E-state index contributed by atoms with van der Waals surface area (Å²) in [6.45, 7) is 9.04. The fourth-order valence-electron chi connectivity index (χ4n) is 4.65. The Labute approximate surface area is 168 Å². The molecule has 0 radical (unpaired) electrons. The Morgan fingerprint density at radius 3 is 2.57 bits per heavy atom. The third-order valence-electron chi connectivity index (χ3n) is 6.13. The van der Waals surface area contributed by atoms with Gasteiger partial charge in [0.05, 0.1) is 18.2 Å². The highest BCUT2D eigenvalue weighted by molar-refractivity contribution is 5.99. The first-order valence-corrected chi connectivity index (χ1v) is 10.4. The van der Waals surface area contributed by atoms with Crippen molar-refractivity contribution in [3.05, 3.63) is 52.8 Å². The molecule has 148 valence electrons. The quantitative estimate of drug-likeness (QED) is 0.651. The van der Waals surface area contributed by atoms with Crippen molar-refractivity contribution in [3.63, 3.8) is 0 Å². The number of benzene rings is 1. The molecule has 1 aliphatic rings. The Bertz CT molecular complexity index is 870. The zero-order chi connectivity index (χ0) is 20.3. The van der Waals surface area contributed by atoms with Crippen LogP contribution in [0.5, 0.6) is 0 Å². The van der Waals surface area contributed by atoms with Crippen molar-refractivity contribution in [2.24, 2.45) is 0 Å². The number of aromatic nitrogens is 1. The van der Waals surface area contributed by atoms with Gasteiger partial charge < -0.3 is 4.57 Å². The maximum Gasteiger partial charge on any atom is 0.178 e. The van der Waals surface area contributed by atoms with Crippen molar-refractivity contribution in [2.75, 3.05) is 6.54 Å². The predicted octanol–water partition coefficient (Wildman–Crippen LogP) is 5.19. The fraction of sp³-hybridized carbons (Fsp3) is 0.500. The normalized spacial score (nSPS) is 20.1. The molecule has 0 amide bonds. The van der Waals surface area contributed by atoms with E-state index in [1.54, 1.807) is 0 Å². The summed E-state index contributed by atoms with van der Waals surface area (Å²) in [6, 6.07) is 12.7. The maximum atomic E-state index is 13.2. The zero-order valence-electron chi connectivity index (χ0n) is 17.5. The number of carbonyl (C=O) groups is 1. The molecule has 1 aromatic carbocycles. The molecule has 0 N–H and O–H groups in total. The van der Waals surface area contributed by atoms with Crippen LogP contribution in [0.15, 0.2) is 30.3 Å². The summed E-state index contributed by atoms with van der Waals surface area (Å²) in [7, 11) is 0. The predicted molar refractivity (Wildman–Crippen MR) is 113 cm³/mol. The number of aryl methyl sites for hydroxylation is 1. The van der Waals surface area contributed by atoms with Crippen molar-refractivity contribution in [2.45, 2.75) is 71.9 Å². The minimum Gasteiger partial charge on any atom is -0.318 e. The first-order valence-electron chi connectivity index (χ1n) is 10.4. The highest BCUT2D eigenvalue weighted by Gasteiger charge is 2.30. The smallest absolute Gasteiger partial charge is 0.178 e. The molecular formula is C24H31N3O. The summed E-state index contributed by atoms with van der Waals surface area (Å²) in [6.07, 6.45) is 5.98. The lowest BCUT2D eigenvalue weighted by Gasteiger charge is -2.40. The van der Waals surface area contributed by atoms with E-state index in [1.165, 1.54) is 25.7 Å². The van der Waals surface area contributed by atoms with E-state index in [4.69, 9.17) is 5.26 Å². The van der Waals surface area contributed by atoms with Crippen molar-refractivity contribution in [3.8, 4) is 11.8 Å². The first kappa shape index (κ1) is 20.4. The second kappa shape index (κ2) is 8.75. The van der Waals surface area contributed by atoms with Crippen LogP contribution in [0, 0.1) is 25.2 Å². The number of nitriles is 1. The van der Waals surface area contributed by atoms with E-state index < -0.39 is 0 Å². The molecule has 28 heavy (non-hydrogen) atoms. The van der Waals surface area contributed by atoms with Gasteiger partial charge in [-0.25, -0.2) is 0 Å². The molecule has 1 saturated heterocycles. The minimum atomic E-state index is 0.211. The summed E-state index contributed by atoms with van der Waals surface area (Å²) in [5.41, 5.74) is 4.47. The molecule has 0 bridgehead atoms. The summed E-state index contributed by atoms with van der Waals surface area (Å²) in [4.78, 5) is 15.7. The van der Waals surface area contributed by atoms with Crippen LogP contribution in [0.1, 0.15) is 73.3 Å². The van der Waals surface area contributed by atoms with Crippen LogP contribution in [0.2, 0.25) is 0 Å². The number of hydrogen-bond donors (Lipinski definition) is 0. The van der Waals surface area contributed by atoms with Crippen LogP contribution in [0.25, 0.3) is 5.69 Å². The number of rotatable bonds is 6. The van der Waals surface area contributed by atoms with Gasteiger partial charge >= 0.3 is 0 Å². The Morgan fingerprint density at radius 2 is 1.93 bits per heavy atom. The number of ketones is 1. The summed E-state index contributed by atoms with van der Waals surface area (Å²) in [5.74, 6) is 0.211. The number of likely N-dealkylation sites (tertiary alicyclic amines) is 1. The number of piperidine rings is 1. The van der Waals surface area contributed by atoms with Gasteiger partial charge in [-0.15, -0.1) is 0 Å². The van der Waals surface area contributed by atoms with Gasteiger partial charge in [-0.05, 0) is 70.4 Å². The number of Topliss-reactive ketones (excluding diaryl/α,β-unsaturated/α-hetero) is 1. The molecule has 4 nitrogen and oxygen atoms in total. The molecule has 2 heterocycles. The zero-order valence-corrected chi connectivity index (χ0v) is 17.5. The van der Waals surface area contributed by atoms with Gasteiger partial charge in [0.1, 0.15) is 0 Å². The molecule has 4 heteroatoms. The first-order chi connectivity index (χ1) is 13.5. The number of carbonyl (C=O) groups excluding carboxylic acids is 1. The van der Waals surface area contributed by atoms with Crippen LogP contribution >= 0.6 is 0 Å². The van der Waals surface area contributed by atoms with E-state index in [0.29, 0.717) is 24.2 Å². The van der Waals surface area contributed by atoms with Gasteiger partial charge in [0.25, 0.3) is 0 Å². The van der Waals surface area contributed by atoms with Crippen molar-refractivity contribution in [1.29, 1.82) is 5.26 Å². The van der Waals surface area contributed by atoms with E-state index in [-0.39, 0.29) is 5.78 Å². The van der Waals surface area contributed by atoms with Gasteiger partial charge in [0.15, 0.2) is 5.78 Å². The Kier molecular flexibility index (Phi) is 6.36. The maximum absolute atomic E-state index is 13.2. The summed E-state index contributed by atoms with van der Waals surface area (Å²) in [5, 5.41) is 9.02. The summed E-state index contributed by atoms with van der Waals surface area (Å²) >= 11 is 0. The van der Waals surface area contributed by atoms with Gasteiger partial charge in [-0.1, -0.05) is 19.8 Å². The monoisotopic (exact) mass is 377 g/mol. The van der Waals surface area contributed by atoms with Gasteiger partial charge in [-0.3, -0.25) is 9.69 Å². The minimum absolute atomic E-state index is 0.211. The van der Waals surface area contributed by atoms with E-state index in [9.17, 15) is 4.79 Å². The highest BCUT2D eigenvalue weighted by Crippen LogP contribution is 2.27. The standard InChI is InChI=1S/C24H31N3O/c1-5-7-21-9-6-8-17(2)26(21)16-24(28)23-14-18(3)27(19(23)4)22-12-10-20(15-25)11-13-22/h10-14,17,21H,5-9,16H2,1-4H3. The van der Waals surface area contributed by atoms with Crippen LogP contribution in [-0.2, 0) is 0 Å². The van der Waals surface area contributed by atoms with Gasteiger partial charge in [-0.2, -0.15) is 5.26 Å². The van der Waals surface area contributed by atoms with Crippen LogP contribution < -0.4 is 0 Å². The lowest BCUT2D eigenvalue weighted by molar-refractivity contribution is 0.0668. The molecule has 1 fully saturated rings. The van der Waals surface area contributed by atoms with Crippen molar-refractivity contribution >= 4 is 5.78 Å². The molecule has 1 aliphatic heterocycles. The topological polar surface area (TPSA) is 49.0 Å². The second-order valence-electron chi connectivity index (χ2n) is 8.10. The van der Waals surface area contributed by atoms with E-state index in [1.807, 2.05) is 44.2 Å². The molecule has 0 spiro atoms. The van der Waals surface area contributed by atoms with Gasteiger partial charge in [0, 0.05) is 34.7 Å². The Balaban J connectivity index is 1.85. The van der Waals surface area contributed by atoms with E-state index in [0.717, 1.165) is 29.1 Å². The second-order valence-corrected chi connectivity index (χ2v) is 8.10. The third-order valence-corrected chi connectivity index (χ3v) is 6.13.